The number of hydrogen-bond acceptors (Lipinski definition) is 10. The van der Waals surface area contributed by atoms with Gasteiger partial charge < -0.3 is 37.9 Å². The molecule has 0 heterocycles. The SMILES string of the molecule is COc1ccc(CN(Cc2ccc(CN(Cc3ccc(OC)cc3OC)Cc3ccc(OC)cc3OC)cc2)Cc2ccc(OC)cc2OC)c(OC)c1. The molecular formula is C44H52N2O8. The molecule has 0 N–H and O–H groups in total. The average Bonchev–Trinajstić information content (AvgIpc) is 3.21. The highest BCUT2D eigenvalue weighted by Crippen LogP contribution is 2.32. The first-order chi connectivity index (χ1) is 26.3. The van der Waals surface area contributed by atoms with E-state index in [1.807, 2.05) is 48.5 Å². The maximum absolute atomic E-state index is 5.77. The molecule has 0 bridgehead atoms. The van der Waals surface area contributed by atoms with Crippen molar-refractivity contribution in [2.75, 3.05) is 56.9 Å². The van der Waals surface area contributed by atoms with Gasteiger partial charge in [0.05, 0.1) is 56.9 Å². The Bertz CT molecular complexity index is 1690. The van der Waals surface area contributed by atoms with E-state index >= 15 is 0 Å². The van der Waals surface area contributed by atoms with Gasteiger partial charge in [0.25, 0.3) is 0 Å². The lowest BCUT2D eigenvalue weighted by Crippen LogP contribution is -2.24. The monoisotopic (exact) mass is 736 g/mol. The van der Waals surface area contributed by atoms with E-state index < -0.39 is 0 Å². The number of methoxy groups -OCH3 is 8. The van der Waals surface area contributed by atoms with Crippen molar-refractivity contribution < 1.29 is 37.9 Å². The Morgan fingerprint density at radius 1 is 0.296 bits per heavy atom. The van der Waals surface area contributed by atoms with Gasteiger partial charge in [-0.15, -0.1) is 0 Å². The lowest BCUT2D eigenvalue weighted by Gasteiger charge is -2.26. The van der Waals surface area contributed by atoms with E-state index in [1.54, 1.807) is 56.9 Å². The summed E-state index contributed by atoms with van der Waals surface area (Å²) in [4.78, 5) is 4.75. The van der Waals surface area contributed by atoms with E-state index in [-0.39, 0.29) is 0 Å². The van der Waals surface area contributed by atoms with Crippen LogP contribution in [-0.2, 0) is 39.3 Å². The van der Waals surface area contributed by atoms with Crippen LogP contribution in [0.25, 0.3) is 0 Å². The van der Waals surface area contributed by atoms with Crippen LogP contribution in [0, 0.1) is 0 Å². The molecule has 0 spiro atoms. The second kappa shape index (κ2) is 19.5. The molecule has 0 aliphatic carbocycles. The third kappa shape index (κ3) is 10.3. The Morgan fingerprint density at radius 3 is 0.741 bits per heavy atom. The van der Waals surface area contributed by atoms with Crippen molar-refractivity contribution in [3.63, 3.8) is 0 Å². The molecule has 0 aromatic heterocycles. The van der Waals surface area contributed by atoms with Crippen LogP contribution in [0.2, 0.25) is 0 Å². The predicted octanol–water partition coefficient (Wildman–Crippen LogP) is 8.16. The van der Waals surface area contributed by atoms with Crippen LogP contribution in [0.5, 0.6) is 46.0 Å². The normalized spacial score (nSPS) is 11.0. The lowest BCUT2D eigenvalue weighted by molar-refractivity contribution is 0.237. The fraction of sp³-hybridized carbons (Fsp3) is 0.318. The van der Waals surface area contributed by atoms with Crippen LogP contribution < -0.4 is 37.9 Å². The summed E-state index contributed by atoms with van der Waals surface area (Å²) < 4.78 is 44.9. The molecule has 0 saturated heterocycles. The van der Waals surface area contributed by atoms with E-state index in [2.05, 4.69) is 58.3 Å². The van der Waals surface area contributed by atoms with E-state index in [1.165, 1.54) is 11.1 Å². The molecule has 5 rings (SSSR count). The van der Waals surface area contributed by atoms with Gasteiger partial charge in [-0.3, -0.25) is 9.80 Å². The molecule has 0 aliphatic rings. The molecule has 0 atom stereocenters. The summed E-state index contributed by atoms with van der Waals surface area (Å²) in [6, 6.07) is 32.6. The highest BCUT2D eigenvalue weighted by molar-refractivity contribution is 5.44. The Balaban J connectivity index is 1.41. The minimum absolute atomic E-state index is 0.644. The molecule has 0 radical (unpaired) electrons. The largest absolute Gasteiger partial charge is 0.497 e. The minimum atomic E-state index is 0.644. The van der Waals surface area contributed by atoms with Gasteiger partial charge in [-0.25, -0.2) is 0 Å². The van der Waals surface area contributed by atoms with Crippen molar-refractivity contribution in [1.82, 2.24) is 9.80 Å². The number of benzene rings is 5. The molecule has 54 heavy (non-hydrogen) atoms. The zero-order valence-corrected chi connectivity index (χ0v) is 32.6. The molecule has 10 nitrogen and oxygen atoms in total. The Labute approximate surface area is 319 Å². The molecule has 0 aliphatic heterocycles. The van der Waals surface area contributed by atoms with Crippen molar-refractivity contribution in [2.45, 2.75) is 39.3 Å². The molecule has 0 fully saturated rings. The quantitative estimate of drug-likeness (QED) is 0.0781. The van der Waals surface area contributed by atoms with Gasteiger partial charge in [0.2, 0.25) is 0 Å². The van der Waals surface area contributed by atoms with Crippen molar-refractivity contribution >= 4 is 0 Å². The molecule has 5 aromatic carbocycles. The van der Waals surface area contributed by atoms with Gasteiger partial charge in [-0.2, -0.15) is 0 Å². The maximum Gasteiger partial charge on any atom is 0.127 e. The molecule has 10 heteroatoms. The lowest BCUT2D eigenvalue weighted by atomic mass is 10.1. The maximum atomic E-state index is 5.77. The third-order valence-corrected chi connectivity index (χ3v) is 9.39. The zero-order chi connectivity index (χ0) is 38.5. The third-order valence-electron chi connectivity index (χ3n) is 9.39. The Morgan fingerprint density at radius 2 is 0.537 bits per heavy atom. The van der Waals surface area contributed by atoms with Crippen LogP contribution in [0.3, 0.4) is 0 Å². The number of hydrogen-bond donors (Lipinski definition) is 0. The first-order valence-electron chi connectivity index (χ1n) is 17.7. The van der Waals surface area contributed by atoms with Crippen molar-refractivity contribution in [3.05, 3.63) is 130 Å². The number of nitrogens with zero attached hydrogens (tertiary/aromatic N) is 2. The van der Waals surface area contributed by atoms with E-state index in [4.69, 9.17) is 37.9 Å². The standard InChI is InChI=1S/C44H52N2O8/c1-47-37-17-13-33(41(21-37)51-5)27-45(28-34-14-18-38(48-2)22-42(34)52-6)25-31-9-11-32(12-10-31)26-46(29-35-15-19-39(49-3)23-43(35)53-7)30-36-16-20-40(50-4)24-44(36)54-8/h9-24H,25-30H2,1-8H3. The second-order valence-electron chi connectivity index (χ2n) is 12.8. The zero-order valence-electron chi connectivity index (χ0n) is 32.6. The summed E-state index contributed by atoms with van der Waals surface area (Å²) >= 11 is 0. The second-order valence-corrected chi connectivity index (χ2v) is 12.8. The number of rotatable bonds is 20. The summed E-state index contributed by atoms with van der Waals surface area (Å²) in [6.07, 6.45) is 0. The molecule has 0 saturated carbocycles. The molecule has 0 unspecified atom stereocenters. The molecule has 5 aromatic rings. The van der Waals surface area contributed by atoms with Gasteiger partial charge in [-0.1, -0.05) is 48.5 Å². The van der Waals surface area contributed by atoms with Crippen LogP contribution in [0.4, 0.5) is 0 Å². The first-order valence-corrected chi connectivity index (χ1v) is 17.7. The average molecular weight is 737 g/mol. The summed E-state index contributed by atoms with van der Waals surface area (Å²) in [6.45, 7) is 3.97. The smallest absolute Gasteiger partial charge is 0.127 e. The molecular weight excluding hydrogens is 684 g/mol. The minimum Gasteiger partial charge on any atom is -0.497 e. The molecule has 286 valence electrons. The van der Waals surface area contributed by atoms with Crippen molar-refractivity contribution in [2.24, 2.45) is 0 Å². The summed E-state index contributed by atoms with van der Waals surface area (Å²) in [5.41, 5.74) is 6.58. The van der Waals surface area contributed by atoms with Crippen LogP contribution in [0.1, 0.15) is 33.4 Å². The summed E-state index contributed by atoms with van der Waals surface area (Å²) in [7, 11) is 13.4. The first kappa shape index (κ1) is 39.6. The van der Waals surface area contributed by atoms with Gasteiger partial charge in [0.15, 0.2) is 0 Å². The van der Waals surface area contributed by atoms with Gasteiger partial charge >= 0.3 is 0 Å². The van der Waals surface area contributed by atoms with E-state index in [0.717, 1.165) is 68.2 Å². The van der Waals surface area contributed by atoms with Gasteiger partial charge in [0.1, 0.15) is 46.0 Å². The topological polar surface area (TPSA) is 80.3 Å². The van der Waals surface area contributed by atoms with Crippen molar-refractivity contribution in [3.8, 4) is 46.0 Å². The Hall–Kier alpha value is -5.58. The van der Waals surface area contributed by atoms with Crippen LogP contribution in [0.15, 0.2) is 97.1 Å². The highest BCUT2D eigenvalue weighted by Gasteiger charge is 2.18. The predicted molar refractivity (Wildman–Crippen MR) is 211 cm³/mol. The fourth-order valence-electron chi connectivity index (χ4n) is 6.50. The molecule has 0 amide bonds. The highest BCUT2D eigenvalue weighted by atomic mass is 16.5. The van der Waals surface area contributed by atoms with E-state index in [9.17, 15) is 0 Å². The van der Waals surface area contributed by atoms with E-state index in [0.29, 0.717) is 39.3 Å². The summed E-state index contributed by atoms with van der Waals surface area (Å²) in [5, 5.41) is 0. The van der Waals surface area contributed by atoms with Gasteiger partial charge in [-0.05, 0) is 35.4 Å². The fourth-order valence-corrected chi connectivity index (χ4v) is 6.50. The van der Waals surface area contributed by atoms with Crippen molar-refractivity contribution in [1.29, 1.82) is 0 Å². The van der Waals surface area contributed by atoms with Gasteiger partial charge in [0, 0.05) is 85.8 Å². The van der Waals surface area contributed by atoms with Crippen LogP contribution >= 0.6 is 0 Å². The summed E-state index contributed by atoms with van der Waals surface area (Å²) in [5.74, 6) is 6.10. The number of ether oxygens (including phenoxy) is 8. The Kier molecular flexibility index (Phi) is 14.3. The van der Waals surface area contributed by atoms with Crippen LogP contribution in [-0.4, -0.2) is 66.7 Å².